The van der Waals surface area contributed by atoms with Gasteiger partial charge in [0.25, 0.3) is 0 Å². The Balaban J connectivity index is 0. The van der Waals surface area contributed by atoms with Gasteiger partial charge in [-0.05, 0) is 26.2 Å². The van der Waals surface area contributed by atoms with Gasteiger partial charge in [-0.15, -0.1) is 0 Å². The third-order valence-corrected chi connectivity index (χ3v) is 6.50. The van der Waals surface area contributed by atoms with Gasteiger partial charge in [-0.3, -0.25) is 0 Å². The summed E-state index contributed by atoms with van der Waals surface area (Å²) in [7, 11) is -4.10. The van der Waals surface area contributed by atoms with E-state index in [0.717, 1.165) is 44.9 Å². The number of aliphatic hydroxyl groups is 1. The zero-order chi connectivity index (χ0) is 19.7. The van der Waals surface area contributed by atoms with Gasteiger partial charge in [0, 0.05) is 5.25 Å². The number of hydrogen-bond donors (Lipinski definition) is 1. The van der Waals surface area contributed by atoms with Crippen molar-refractivity contribution in [2.45, 2.75) is 134 Å². The standard InChI is InChI=1S/C21H44O4S.K/c1-3-4-5-6-12-15-18-21(22)19-16-13-10-8-7-9-11-14-17-20(2)26(23,24)25;/h20-22H,3-19H2,1-2H3,(H,23,24,25);/q;+1/p-1. The summed E-state index contributed by atoms with van der Waals surface area (Å²) in [6.45, 7) is 3.74. The molecule has 0 aliphatic heterocycles. The molecule has 0 aliphatic carbocycles. The van der Waals surface area contributed by atoms with Gasteiger partial charge in [0.15, 0.2) is 0 Å². The molecular formula is C21H43KO4S. The van der Waals surface area contributed by atoms with Gasteiger partial charge in [0.05, 0.1) is 16.2 Å². The molecule has 2 unspecified atom stereocenters. The molecule has 0 rings (SSSR count). The molecule has 0 saturated carbocycles. The minimum absolute atomic E-state index is 0. The Bertz CT molecular complexity index is 401. The number of rotatable bonds is 19. The van der Waals surface area contributed by atoms with E-state index in [2.05, 4.69) is 6.92 Å². The molecule has 158 valence electrons. The van der Waals surface area contributed by atoms with E-state index in [1.807, 2.05) is 0 Å². The first kappa shape index (κ1) is 30.7. The second-order valence-electron chi connectivity index (χ2n) is 7.92. The molecule has 0 radical (unpaired) electrons. The molecule has 2 atom stereocenters. The van der Waals surface area contributed by atoms with Crippen LogP contribution in [-0.2, 0) is 10.1 Å². The van der Waals surface area contributed by atoms with Crippen molar-refractivity contribution < 1.29 is 69.5 Å². The number of unbranched alkanes of at least 4 members (excludes halogenated alkanes) is 12. The van der Waals surface area contributed by atoms with Crippen LogP contribution in [0.25, 0.3) is 0 Å². The fraction of sp³-hybridized carbons (Fsp3) is 1.00. The molecule has 0 spiro atoms. The number of aliphatic hydroxyl groups excluding tert-OH is 1. The first-order valence-electron chi connectivity index (χ1n) is 11.0. The molecule has 0 aromatic carbocycles. The van der Waals surface area contributed by atoms with Crippen LogP contribution in [-0.4, -0.2) is 29.4 Å². The van der Waals surface area contributed by atoms with Crippen molar-refractivity contribution in [2.24, 2.45) is 0 Å². The minimum atomic E-state index is -4.10. The maximum absolute atomic E-state index is 10.8. The largest absolute Gasteiger partial charge is 1.00 e. The summed E-state index contributed by atoms with van der Waals surface area (Å²) in [6.07, 6.45) is 18.9. The molecule has 0 aromatic heterocycles. The minimum Gasteiger partial charge on any atom is -0.748 e. The molecule has 27 heavy (non-hydrogen) atoms. The van der Waals surface area contributed by atoms with Crippen molar-refractivity contribution in [3.8, 4) is 0 Å². The maximum atomic E-state index is 10.8. The second-order valence-corrected chi connectivity index (χ2v) is 9.71. The zero-order valence-corrected chi connectivity index (χ0v) is 22.2. The predicted octanol–water partition coefficient (Wildman–Crippen LogP) is 2.94. The SMILES string of the molecule is CCCCCCCCC(O)CCCCCCCCCCC(C)S(=O)(=O)[O-].[K+]. The first-order chi connectivity index (χ1) is 12.4. The fourth-order valence-electron chi connectivity index (χ4n) is 3.32. The smallest absolute Gasteiger partial charge is 0.748 e. The normalized spacial score (nSPS) is 13.9. The van der Waals surface area contributed by atoms with Crippen molar-refractivity contribution >= 4 is 10.1 Å². The summed E-state index contributed by atoms with van der Waals surface area (Å²) in [4.78, 5) is 0. The van der Waals surface area contributed by atoms with E-state index in [1.165, 1.54) is 64.7 Å². The van der Waals surface area contributed by atoms with Crippen molar-refractivity contribution in [3.63, 3.8) is 0 Å². The fourth-order valence-corrected chi connectivity index (χ4v) is 3.78. The Morgan fingerprint density at radius 2 is 1.04 bits per heavy atom. The van der Waals surface area contributed by atoms with Crippen molar-refractivity contribution in [1.82, 2.24) is 0 Å². The third kappa shape index (κ3) is 22.0. The summed E-state index contributed by atoms with van der Waals surface area (Å²) in [5, 5.41) is 9.24. The molecule has 0 aliphatic rings. The predicted molar refractivity (Wildman–Crippen MR) is 109 cm³/mol. The molecule has 1 N–H and O–H groups in total. The number of hydrogen-bond acceptors (Lipinski definition) is 4. The van der Waals surface area contributed by atoms with Crippen LogP contribution in [0.1, 0.15) is 123 Å². The quantitative estimate of drug-likeness (QED) is 0.194. The summed E-state index contributed by atoms with van der Waals surface area (Å²) >= 11 is 0. The average molecular weight is 431 g/mol. The van der Waals surface area contributed by atoms with E-state index in [9.17, 15) is 18.1 Å². The van der Waals surface area contributed by atoms with Crippen LogP contribution >= 0.6 is 0 Å². The van der Waals surface area contributed by atoms with Crippen LogP contribution in [0.15, 0.2) is 0 Å². The molecule has 0 amide bonds. The molecule has 6 heteroatoms. The van der Waals surface area contributed by atoms with Crippen molar-refractivity contribution in [2.75, 3.05) is 0 Å². The van der Waals surface area contributed by atoms with Gasteiger partial charge in [0.1, 0.15) is 0 Å². The molecule has 0 aromatic rings. The molecule has 0 heterocycles. The van der Waals surface area contributed by atoms with E-state index in [1.54, 1.807) is 0 Å². The molecule has 0 bridgehead atoms. The van der Waals surface area contributed by atoms with Gasteiger partial charge >= 0.3 is 51.4 Å². The first-order valence-corrected chi connectivity index (χ1v) is 12.5. The summed E-state index contributed by atoms with van der Waals surface area (Å²) < 4.78 is 32.4. The van der Waals surface area contributed by atoms with Gasteiger partial charge in [-0.25, -0.2) is 8.42 Å². The van der Waals surface area contributed by atoms with Gasteiger partial charge in [-0.2, -0.15) is 0 Å². The summed E-state index contributed by atoms with van der Waals surface area (Å²) in [5.74, 6) is 0. The Labute approximate surface area is 211 Å². The molecular weight excluding hydrogens is 387 g/mol. The van der Waals surface area contributed by atoms with Crippen LogP contribution in [0.4, 0.5) is 0 Å². The van der Waals surface area contributed by atoms with E-state index < -0.39 is 15.4 Å². The summed E-state index contributed by atoms with van der Waals surface area (Å²) in [5.41, 5.74) is 0. The van der Waals surface area contributed by atoms with Crippen LogP contribution in [0.5, 0.6) is 0 Å². The van der Waals surface area contributed by atoms with Gasteiger partial charge in [0.2, 0.25) is 0 Å². The Morgan fingerprint density at radius 1 is 0.704 bits per heavy atom. The van der Waals surface area contributed by atoms with Crippen LogP contribution < -0.4 is 51.4 Å². The van der Waals surface area contributed by atoms with Gasteiger partial charge < -0.3 is 9.66 Å². The monoisotopic (exact) mass is 430 g/mol. The average Bonchev–Trinajstić information content (AvgIpc) is 2.58. The molecule has 0 fully saturated rings. The second kappa shape index (κ2) is 20.8. The maximum Gasteiger partial charge on any atom is 1.00 e. The Kier molecular flexibility index (Phi) is 23.6. The van der Waals surface area contributed by atoms with Crippen molar-refractivity contribution in [3.05, 3.63) is 0 Å². The van der Waals surface area contributed by atoms with E-state index >= 15 is 0 Å². The molecule has 4 nitrogen and oxygen atoms in total. The van der Waals surface area contributed by atoms with Crippen molar-refractivity contribution in [1.29, 1.82) is 0 Å². The van der Waals surface area contributed by atoms with Crippen LogP contribution in [0.3, 0.4) is 0 Å². The van der Waals surface area contributed by atoms with Crippen LogP contribution in [0.2, 0.25) is 0 Å². The van der Waals surface area contributed by atoms with E-state index in [-0.39, 0.29) is 57.5 Å². The zero-order valence-electron chi connectivity index (χ0n) is 18.3. The third-order valence-electron chi connectivity index (χ3n) is 5.28. The molecule has 0 saturated heterocycles. The van der Waals surface area contributed by atoms with E-state index in [0.29, 0.717) is 6.42 Å². The topological polar surface area (TPSA) is 77.4 Å². The summed E-state index contributed by atoms with van der Waals surface area (Å²) in [6, 6.07) is 0. The van der Waals surface area contributed by atoms with Gasteiger partial charge in [-0.1, -0.05) is 96.8 Å². The Hall–Kier alpha value is 1.51. The Morgan fingerprint density at radius 3 is 1.41 bits per heavy atom. The van der Waals surface area contributed by atoms with Crippen LogP contribution in [0, 0.1) is 0 Å². The van der Waals surface area contributed by atoms with E-state index in [4.69, 9.17) is 0 Å².